The Morgan fingerprint density at radius 2 is 1.94 bits per heavy atom. The number of ether oxygens (including phenoxy) is 3. The van der Waals surface area contributed by atoms with Crippen LogP contribution in [0, 0.1) is 5.92 Å². The van der Waals surface area contributed by atoms with Gasteiger partial charge in [-0.15, -0.1) is 0 Å². The number of esters is 1. The molecule has 0 amide bonds. The average Bonchev–Trinajstić information content (AvgIpc) is 3.15. The van der Waals surface area contributed by atoms with Crippen molar-refractivity contribution in [3.8, 4) is 11.5 Å². The van der Waals surface area contributed by atoms with Crippen molar-refractivity contribution in [1.82, 2.24) is 4.90 Å². The fraction of sp³-hybridized carbons (Fsp3) is 0.667. The minimum absolute atomic E-state index is 0.0116. The highest BCUT2D eigenvalue weighted by Crippen LogP contribution is 2.49. The van der Waals surface area contributed by atoms with E-state index in [-0.39, 0.29) is 17.4 Å². The molecule has 5 heteroatoms. The molecule has 1 heterocycles. The topological polar surface area (TPSA) is 48.0 Å². The molecule has 0 saturated carbocycles. The molecular formula is C27H41NO4. The van der Waals surface area contributed by atoms with Gasteiger partial charge in [-0.1, -0.05) is 45.6 Å². The van der Waals surface area contributed by atoms with Crippen molar-refractivity contribution in [2.75, 3.05) is 27.8 Å². The van der Waals surface area contributed by atoms with Crippen LogP contribution in [0.25, 0.3) is 0 Å². The zero-order chi connectivity index (χ0) is 23.1. The van der Waals surface area contributed by atoms with E-state index in [0.717, 1.165) is 55.9 Å². The number of hydrogen-bond acceptors (Lipinski definition) is 5. The van der Waals surface area contributed by atoms with Crippen molar-refractivity contribution in [1.29, 1.82) is 0 Å². The van der Waals surface area contributed by atoms with Crippen LogP contribution in [0.3, 0.4) is 0 Å². The summed E-state index contributed by atoms with van der Waals surface area (Å²) in [6.45, 7) is 5.46. The second-order valence-corrected chi connectivity index (χ2v) is 9.46. The van der Waals surface area contributed by atoms with Crippen LogP contribution in [0.5, 0.6) is 11.5 Å². The van der Waals surface area contributed by atoms with E-state index in [0.29, 0.717) is 12.3 Å². The number of unbranched alkanes of at least 4 members (excludes halogenated alkanes) is 1. The standard InChI is InChI=1S/C27H41NO4/c1-6-8-9-20(7-2)10-13-26(29)32-22-14-15-27(16-17-28(3)25(27)19-22)21-11-12-23(30-4)24(18-21)31-5/h11-12,18-20,25H,6-10,13-17H2,1-5H3/t20?,25-,27-/m0/s1. The lowest BCUT2D eigenvalue weighted by atomic mass is 9.68. The van der Waals surface area contributed by atoms with Crippen molar-refractivity contribution >= 4 is 5.97 Å². The van der Waals surface area contributed by atoms with Gasteiger partial charge in [0.05, 0.1) is 14.2 Å². The van der Waals surface area contributed by atoms with E-state index >= 15 is 0 Å². The van der Waals surface area contributed by atoms with Gasteiger partial charge in [0, 0.05) is 24.3 Å². The van der Waals surface area contributed by atoms with Crippen LogP contribution < -0.4 is 9.47 Å². The monoisotopic (exact) mass is 443 g/mol. The fourth-order valence-corrected chi connectivity index (χ4v) is 5.51. The van der Waals surface area contributed by atoms with E-state index in [1.165, 1.54) is 24.8 Å². The summed E-state index contributed by atoms with van der Waals surface area (Å²) in [6.07, 6.45) is 11.3. The lowest BCUT2D eigenvalue weighted by molar-refractivity contribution is -0.140. The van der Waals surface area contributed by atoms with Crippen LogP contribution in [0.15, 0.2) is 30.0 Å². The summed E-state index contributed by atoms with van der Waals surface area (Å²) in [5.41, 5.74) is 1.28. The van der Waals surface area contributed by atoms with Gasteiger partial charge in [0.25, 0.3) is 0 Å². The third-order valence-electron chi connectivity index (χ3n) is 7.62. The molecule has 178 valence electrons. The lowest BCUT2D eigenvalue weighted by Crippen LogP contribution is -2.42. The van der Waals surface area contributed by atoms with Crippen LogP contribution in [0.2, 0.25) is 0 Å². The molecule has 5 nitrogen and oxygen atoms in total. The second-order valence-electron chi connectivity index (χ2n) is 9.46. The van der Waals surface area contributed by atoms with Crippen LogP contribution in [0.4, 0.5) is 0 Å². The van der Waals surface area contributed by atoms with Crippen LogP contribution in [0.1, 0.15) is 77.2 Å². The number of likely N-dealkylation sites (N-methyl/N-ethyl adjacent to an activating group) is 1. The number of carbonyl (C=O) groups excluding carboxylic acids is 1. The average molecular weight is 444 g/mol. The van der Waals surface area contributed by atoms with Crippen LogP contribution in [-0.2, 0) is 14.9 Å². The number of rotatable bonds is 11. The predicted molar refractivity (Wildman–Crippen MR) is 128 cm³/mol. The Kier molecular flexibility index (Phi) is 8.64. The van der Waals surface area contributed by atoms with Crippen LogP contribution >= 0.6 is 0 Å². The number of carbonyl (C=O) groups is 1. The second kappa shape index (κ2) is 11.2. The Hall–Kier alpha value is -2.01. The number of methoxy groups -OCH3 is 2. The van der Waals surface area contributed by atoms with E-state index < -0.39 is 0 Å². The SMILES string of the molecule is CCCCC(CC)CCC(=O)OC1=C[C@@H]2N(C)CC[C@]2(c2ccc(OC)c(OC)c2)CC1. The highest BCUT2D eigenvalue weighted by atomic mass is 16.5. The smallest absolute Gasteiger partial charge is 0.310 e. The first kappa shape index (κ1) is 24.6. The summed E-state index contributed by atoms with van der Waals surface area (Å²) in [6, 6.07) is 6.50. The Morgan fingerprint density at radius 3 is 2.62 bits per heavy atom. The Morgan fingerprint density at radius 1 is 1.16 bits per heavy atom. The van der Waals surface area contributed by atoms with Crippen molar-refractivity contribution in [3.63, 3.8) is 0 Å². The first-order valence-corrected chi connectivity index (χ1v) is 12.3. The summed E-state index contributed by atoms with van der Waals surface area (Å²) in [5.74, 6) is 2.90. The molecule has 1 aliphatic carbocycles. The number of nitrogens with zero attached hydrogens (tertiary/aromatic N) is 1. The molecule has 1 aliphatic heterocycles. The highest BCUT2D eigenvalue weighted by Gasteiger charge is 2.48. The molecule has 1 aromatic carbocycles. The quantitative estimate of drug-likeness (QED) is 0.401. The van der Waals surface area contributed by atoms with Gasteiger partial charge in [0.2, 0.25) is 0 Å². The van der Waals surface area contributed by atoms with Gasteiger partial charge >= 0.3 is 5.97 Å². The molecule has 0 aromatic heterocycles. The molecule has 0 N–H and O–H groups in total. The summed E-state index contributed by atoms with van der Waals surface area (Å²) in [4.78, 5) is 15.0. The third-order valence-corrected chi connectivity index (χ3v) is 7.62. The van der Waals surface area contributed by atoms with Gasteiger partial charge in [-0.3, -0.25) is 9.69 Å². The molecule has 1 saturated heterocycles. The van der Waals surface area contributed by atoms with Crippen molar-refractivity contribution in [3.05, 3.63) is 35.6 Å². The van der Waals surface area contributed by atoms with Gasteiger partial charge in [0.15, 0.2) is 11.5 Å². The normalized spacial score (nSPS) is 23.9. The molecule has 0 spiro atoms. The Bertz CT molecular complexity index is 805. The number of hydrogen-bond donors (Lipinski definition) is 0. The minimum atomic E-state index is -0.0783. The van der Waals surface area contributed by atoms with E-state index in [1.54, 1.807) is 14.2 Å². The molecule has 0 radical (unpaired) electrons. The molecule has 3 atom stereocenters. The van der Waals surface area contributed by atoms with Gasteiger partial charge in [-0.05, 0) is 62.5 Å². The van der Waals surface area contributed by atoms with Gasteiger partial charge in [-0.25, -0.2) is 0 Å². The lowest BCUT2D eigenvalue weighted by Gasteiger charge is -2.40. The number of fused-ring (bicyclic) bond motifs is 1. The maximum atomic E-state index is 12.6. The predicted octanol–water partition coefficient (Wildman–Crippen LogP) is 5.86. The Labute approximate surface area is 194 Å². The highest BCUT2D eigenvalue weighted by molar-refractivity contribution is 5.70. The first-order chi connectivity index (χ1) is 15.5. The van der Waals surface area contributed by atoms with E-state index in [1.807, 2.05) is 6.07 Å². The third kappa shape index (κ3) is 5.31. The molecule has 1 unspecified atom stereocenters. The summed E-state index contributed by atoms with van der Waals surface area (Å²) in [7, 11) is 5.51. The molecule has 32 heavy (non-hydrogen) atoms. The van der Waals surface area contributed by atoms with E-state index in [9.17, 15) is 4.79 Å². The van der Waals surface area contributed by atoms with Crippen molar-refractivity contribution in [2.45, 2.75) is 83.1 Å². The zero-order valence-electron chi connectivity index (χ0n) is 20.6. The molecular weight excluding hydrogens is 402 g/mol. The van der Waals surface area contributed by atoms with E-state index in [2.05, 4.69) is 44.0 Å². The van der Waals surface area contributed by atoms with Gasteiger partial charge < -0.3 is 14.2 Å². The molecule has 0 bridgehead atoms. The minimum Gasteiger partial charge on any atom is -0.493 e. The molecule has 1 aromatic rings. The van der Waals surface area contributed by atoms with Crippen molar-refractivity contribution < 1.29 is 19.0 Å². The maximum absolute atomic E-state index is 12.6. The first-order valence-electron chi connectivity index (χ1n) is 12.3. The molecule has 1 fully saturated rings. The zero-order valence-corrected chi connectivity index (χ0v) is 20.6. The summed E-state index contributed by atoms with van der Waals surface area (Å²) < 4.78 is 16.9. The van der Waals surface area contributed by atoms with E-state index in [4.69, 9.17) is 14.2 Å². The fourth-order valence-electron chi connectivity index (χ4n) is 5.51. The Balaban J connectivity index is 1.70. The van der Waals surface area contributed by atoms with Gasteiger partial charge in [-0.2, -0.15) is 0 Å². The molecule has 3 rings (SSSR count). The maximum Gasteiger partial charge on any atom is 0.310 e. The largest absolute Gasteiger partial charge is 0.493 e. The van der Waals surface area contributed by atoms with Crippen LogP contribution in [-0.4, -0.2) is 44.7 Å². The number of benzene rings is 1. The summed E-state index contributed by atoms with van der Waals surface area (Å²) >= 11 is 0. The number of allylic oxidation sites excluding steroid dienone is 1. The van der Waals surface area contributed by atoms with Gasteiger partial charge in [0.1, 0.15) is 5.76 Å². The van der Waals surface area contributed by atoms with Crippen molar-refractivity contribution in [2.24, 2.45) is 5.92 Å². The number of likely N-dealkylation sites (tertiary alicyclic amines) is 1. The molecule has 2 aliphatic rings. The summed E-state index contributed by atoms with van der Waals surface area (Å²) in [5, 5.41) is 0.